The van der Waals surface area contributed by atoms with Crippen molar-refractivity contribution in [2.75, 3.05) is 94.6 Å². The molecule has 0 bridgehead atoms. The van der Waals surface area contributed by atoms with Crippen LogP contribution in [0, 0.1) is 11.8 Å². The number of nitrogens with zero attached hydrogens (tertiary/aromatic N) is 4. The van der Waals surface area contributed by atoms with Crippen molar-refractivity contribution in [3.05, 3.63) is 107 Å². The van der Waals surface area contributed by atoms with Gasteiger partial charge in [-0.3, -0.25) is 38.4 Å². The number of hydrogen-bond acceptors (Lipinski definition) is 18. The summed E-state index contributed by atoms with van der Waals surface area (Å²) in [5.41, 5.74) is 6.33. The summed E-state index contributed by atoms with van der Waals surface area (Å²) >= 11 is 1.15. The molecule has 1 saturated heterocycles. The molecule has 0 unspecified atom stereocenters. The minimum atomic E-state index is -0.971. The molecule has 0 aromatic heterocycles. The number of fused-ring (bicyclic) bond motifs is 2. The van der Waals surface area contributed by atoms with Gasteiger partial charge in [0.25, 0.3) is 0 Å². The van der Waals surface area contributed by atoms with Crippen molar-refractivity contribution in [2.24, 2.45) is 17.6 Å². The zero-order valence-corrected chi connectivity index (χ0v) is 47.4. The number of anilines is 2. The number of aryl methyl sites for hydroxylation is 1. The van der Waals surface area contributed by atoms with Crippen molar-refractivity contribution >= 4 is 82.1 Å². The van der Waals surface area contributed by atoms with Gasteiger partial charge in [0.1, 0.15) is 18.1 Å². The highest BCUT2D eigenvalue weighted by Crippen LogP contribution is 2.41. The molecule has 0 saturated carbocycles. The molecular weight excluding hydrogens is 1100 g/mol. The fourth-order valence-corrected chi connectivity index (χ4v) is 10.1. The molecule has 0 radical (unpaired) electrons. The van der Waals surface area contributed by atoms with Gasteiger partial charge in [-0.2, -0.15) is 11.8 Å². The van der Waals surface area contributed by atoms with Crippen LogP contribution in [-0.2, 0) is 46.5 Å². The number of rotatable bonds is 32. The number of nitrogens with two attached hydrogens (primary N) is 1. The van der Waals surface area contributed by atoms with Crippen LogP contribution in [0.15, 0.2) is 73.8 Å². The number of aliphatic hydroxyl groups is 2. The Morgan fingerprint density at radius 2 is 1.41 bits per heavy atom. The molecule has 0 spiro atoms. The van der Waals surface area contributed by atoms with Crippen LogP contribution in [-0.4, -0.2) is 189 Å². The molecule has 8 amide bonds. The predicted octanol–water partition coefficient (Wildman–Crippen LogP) is 2.40. The molecule has 1 aliphatic heterocycles. The van der Waals surface area contributed by atoms with Crippen LogP contribution in [0.1, 0.15) is 88.9 Å². The molecule has 11 N–H and O–H groups in total. The molecule has 5 rings (SSSR count). The molecule has 83 heavy (non-hydrogen) atoms. The first-order valence-corrected chi connectivity index (χ1v) is 28.2. The smallest absolute Gasteiger partial charge is 0.410 e. The first kappa shape index (κ1) is 65.5. The maximum absolute atomic E-state index is 14.0. The third-order valence-electron chi connectivity index (χ3n) is 13.6. The van der Waals surface area contributed by atoms with Gasteiger partial charge in [-0.15, -0.1) is 0 Å². The van der Waals surface area contributed by atoms with E-state index in [-0.39, 0.29) is 137 Å². The van der Waals surface area contributed by atoms with E-state index in [1.54, 1.807) is 50.2 Å². The Morgan fingerprint density at radius 1 is 0.771 bits per heavy atom. The lowest BCUT2D eigenvalue weighted by atomic mass is 9.79. The van der Waals surface area contributed by atoms with Crippen LogP contribution in [0.3, 0.4) is 0 Å². The van der Waals surface area contributed by atoms with Gasteiger partial charge in [0.15, 0.2) is 17.3 Å². The fraction of sp³-hybridized carbons (Fsp3) is 0.439. The van der Waals surface area contributed by atoms with Crippen LogP contribution in [0.4, 0.5) is 21.0 Å². The maximum atomic E-state index is 14.0. The van der Waals surface area contributed by atoms with Gasteiger partial charge in [-0.25, -0.2) is 9.59 Å². The molecular formula is C57H74N10O15S. The summed E-state index contributed by atoms with van der Waals surface area (Å²) in [5.74, 6) is -6.09. The minimum absolute atomic E-state index is 0.00991. The summed E-state index contributed by atoms with van der Waals surface area (Å²) in [5, 5.41) is 54.5. The number of primary amides is 1. The average molecular weight is 1170 g/mol. The van der Waals surface area contributed by atoms with E-state index < -0.39 is 83.2 Å². The number of urea groups is 1. The Bertz CT molecular complexity index is 2860. The van der Waals surface area contributed by atoms with Gasteiger partial charge in [0.05, 0.1) is 61.7 Å². The van der Waals surface area contributed by atoms with E-state index in [1.807, 2.05) is 0 Å². The number of phenolic OH excluding ortho intramolecular Hbond substituents is 2. The van der Waals surface area contributed by atoms with Crippen LogP contribution >= 0.6 is 11.8 Å². The summed E-state index contributed by atoms with van der Waals surface area (Å²) in [6.07, 6.45) is 2.03. The monoisotopic (exact) mass is 1170 g/mol. The van der Waals surface area contributed by atoms with Gasteiger partial charge in [0.2, 0.25) is 29.5 Å². The van der Waals surface area contributed by atoms with E-state index in [1.165, 1.54) is 19.6 Å². The lowest BCUT2D eigenvalue weighted by Gasteiger charge is -2.41. The van der Waals surface area contributed by atoms with Gasteiger partial charge in [0, 0.05) is 80.7 Å². The van der Waals surface area contributed by atoms with E-state index in [4.69, 9.17) is 15.6 Å². The van der Waals surface area contributed by atoms with Crippen LogP contribution in [0.5, 0.6) is 11.5 Å². The molecule has 25 nitrogen and oxygen atoms in total. The maximum Gasteiger partial charge on any atom is 0.410 e. The van der Waals surface area contributed by atoms with Crippen molar-refractivity contribution < 1.29 is 73.1 Å². The minimum Gasteiger partial charge on any atom is -0.507 e. The SMILES string of the molecule is C=CC(=O)N1CN(C(=O)C=C)CN(C(=O)CCSCC(=O)N[C@H](C(=O)C[C@@H](CCCNC(N)=O)C(=O)Nc2ccc(COC(=O)N(CCO)CCCc3ccc(NCCNCCO)c4c3C(=O)c3c(O)ccc(O)c3C4=O)cc2)C(C)C)C1. The Labute approximate surface area is 485 Å². The van der Waals surface area contributed by atoms with Crippen LogP contribution in [0.25, 0.3) is 0 Å². The molecule has 1 aliphatic carbocycles. The third-order valence-corrected chi connectivity index (χ3v) is 14.5. The fourth-order valence-electron chi connectivity index (χ4n) is 9.34. The lowest BCUT2D eigenvalue weighted by molar-refractivity contribution is -0.154. The number of carbonyl (C=O) groups excluding carboxylic acids is 10. The van der Waals surface area contributed by atoms with Crippen molar-refractivity contribution in [3.63, 3.8) is 0 Å². The molecule has 3 aromatic rings. The molecule has 2 atom stereocenters. The second-order valence-electron chi connectivity index (χ2n) is 19.9. The number of hydrogen-bond donors (Lipinski definition) is 10. The largest absolute Gasteiger partial charge is 0.507 e. The number of Topliss-reactive ketones (excluding diaryl/α,β-unsaturated/α-hetero) is 1. The Hall–Kier alpha value is -8.33. The Balaban J connectivity index is 1.15. The number of ether oxygens (including phenoxy) is 1. The summed E-state index contributed by atoms with van der Waals surface area (Å²) in [4.78, 5) is 137. The number of carbonyl (C=O) groups is 10. The highest BCUT2D eigenvalue weighted by Gasteiger charge is 2.38. The lowest BCUT2D eigenvalue weighted by Crippen LogP contribution is -2.59. The number of nitrogens with one attached hydrogen (secondary N) is 5. The van der Waals surface area contributed by atoms with Gasteiger partial charge >= 0.3 is 12.1 Å². The molecule has 1 heterocycles. The quantitative estimate of drug-likeness (QED) is 0.0191. The van der Waals surface area contributed by atoms with Crippen molar-refractivity contribution in [1.29, 1.82) is 0 Å². The zero-order chi connectivity index (χ0) is 60.8. The molecule has 448 valence electrons. The van der Waals surface area contributed by atoms with Gasteiger partial charge in [-0.05, 0) is 85.2 Å². The summed E-state index contributed by atoms with van der Waals surface area (Å²) < 4.78 is 5.60. The van der Waals surface area contributed by atoms with E-state index in [9.17, 15) is 63.3 Å². The van der Waals surface area contributed by atoms with Crippen molar-refractivity contribution in [1.82, 2.24) is 35.6 Å². The normalized spacial score (nSPS) is 13.5. The number of benzene rings is 3. The van der Waals surface area contributed by atoms with E-state index >= 15 is 0 Å². The summed E-state index contributed by atoms with van der Waals surface area (Å²) in [6.45, 7) is 10.8. The van der Waals surface area contributed by atoms with E-state index in [0.717, 1.165) is 36.0 Å². The number of ketones is 3. The predicted molar refractivity (Wildman–Crippen MR) is 308 cm³/mol. The van der Waals surface area contributed by atoms with E-state index in [2.05, 4.69) is 39.7 Å². The topological polar surface area (TPSA) is 360 Å². The number of aliphatic hydroxyl groups excluding tert-OH is 2. The second-order valence-corrected chi connectivity index (χ2v) is 21.0. The van der Waals surface area contributed by atoms with Crippen molar-refractivity contribution in [2.45, 2.75) is 65.0 Å². The number of phenols is 2. The van der Waals surface area contributed by atoms with Gasteiger partial charge in [-0.1, -0.05) is 45.2 Å². The first-order valence-electron chi connectivity index (χ1n) is 27.0. The van der Waals surface area contributed by atoms with Crippen LogP contribution < -0.4 is 32.3 Å². The Kier molecular flexibility index (Phi) is 25.5. The van der Waals surface area contributed by atoms with Crippen molar-refractivity contribution in [3.8, 4) is 11.5 Å². The average Bonchev–Trinajstić information content (AvgIpc) is 3.01. The third kappa shape index (κ3) is 18.6. The molecule has 1 fully saturated rings. The standard InChI is InChI=1S/C57H74N10O15S/c1-5-45(74)65-32-66(46(75)6-2)34-67(33-65)47(76)19-28-83-31-44(73)63-52(35(3)4)43(72)29-38(9-7-20-61-56(58)80)55(79)62-39-14-11-36(12-15-39)30-82-57(81)64(25-27-69)24-8-10-37-13-16-40(60-22-21-59-23-26-68)49-48(37)53(77)50-41(70)17-18-42(71)51(50)54(49)78/h5-6,11-18,35,38,52,59-60,68-71H,1-2,7-10,19-34H2,3-4H3,(H,62,79)(H,63,73)(H3,58,61,80)/t38-,52+/m1/s1. The second kappa shape index (κ2) is 32.3. The molecule has 3 aromatic carbocycles. The number of thioether (sulfide) groups is 1. The zero-order valence-electron chi connectivity index (χ0n) is 46.6. The summed E-state index contributed by atoms with van der Waals surface area (Å²) in [6, 6.07) is 10.2. The Morgan fingerprint density at radius 3 is 2.01 bits per heavy atom. The first-order chi connectivity index (χ1) is 39.7. The van der Waals surface area contributed by atoms with Crippen LogP contribution in [0.2, 0.25) is 0 Å². The molecule has 2 aliphatic rings. The molecule has 26 heteroatoms. The number of aromatic hydroxyl groups is 2. The number of amides is 8. The van der Waals surface area contributed by atoms with E-state index in [0.29, 0.717) is 42.1 Å². The summed E-state index contributed by atoms with van der Waals surface area (Å²) in [7, 11) is 0. The van der Waals surface area contributed by atoms with Gasteiger partial charge < -0.3 is 77.1 Å². The highest BCUT2D eigenvalue weighted by molar-refractivity contribution is 7.99. The highest BCUT2D eigenvalue weighted by atomic mass is 32.2.